The van der Waals surface area contributed by atoms with Crippen LogP contribution in [0, 0.1) is 5.92 Å². The van der Waals surface area contributed by atoms with Crippen molar-refractivity contribution in [3.63, 3.8) is 0 Å². The molecule has 2 aliphatic heterocycles. The lowest BCUT2D eigenvalue weighted by Gasteiger charge is -2.30. The first-order valence-corrected chi connectivity index (χ1v) is 7.04. The van der Waals surface area contributed by atoms with E-state index >= 15 is 0 Å². The largest absolute Gasteiger partial charge is 0.393 e. The van der Waals surface area contributed by atoms with Gasteiger partial charge in [0, 0.05) is 32.6 Å². The van der Waals surface area contributed by atoms with Crippen LogP contribution in [-0.2, 0) is 9.59 Å². The van der Waals surface area contributed by atoms with Crippen molar-refractivity contribution in [2.75, 3.05) is 32.7 Å². The maximum Gasteiger partial charge on any atom is 0.223 e. The van der Waals surface area contributed by atoms with Crippen molar-refractivity contribution in [3.8, 4) is 0 Å². The van der Waals surface area contributed by atoms with E-state index in [2.05, 4.69) is 4.90 Å². The van der Waals surface area contributed by atoms with Gasteiger partial charge in [0.25, 0.3) is 0 Å². The third-order valence-electron chi connectivity index (χ3n) is 4.08. The van der Waals surface area contributed by atoms with E-state index in [4.69, 9.17) is 5.73 Å². The molecule has 2 saturated heterocycles. The maximum atomic E-state index is 11.7. The molecule has 1 unspecified atom stereocenters. The molecule has 0 radical (unpaired) electrons. The van der Waals surface area contributed by atoms with Crippen molar-refractivity contribution >= 4 is 11.8 Å². The van der Waals surface area contributed by atoms with Crippen LogP contribution in [0.15, 0.2) is 0 Å². The number of carbonyl (C=O) groups is 2. The molecule has 0 aromatic carbocycles. The Labute approximate surface area is 113 Å². The number of amides is 2. The molecule has 0 aromatic rings. The van der Waals surface area contributed by atoms with Gasteiger partial charge in [0.05, 0.1) is 12.0 Å². The van der Waals surface area contributed by atoms with Crippen LogP contribution in [0.2, 0.25) is 0 Å². The highest BCUT2D eigenvalue weighted by Gasteiger charge is 2.32. The molecule has 108 valence electrons. The zero-order chi connectivity index (χ0) is 13.8. The molecule has 2 fully saturated rings. The first kappa shape index (κ1) is 14.3. The van der Waals surface area contributed by atoms with Gasteiger partial charge in [0.1, 0.15) is 0 Å². The molecule has 0 bridgehead atoms. The summed E-state index contributed by atoms with van der Waals surface area (Å²) < 4.78 is 0. The number of rotatable bonds is 5. The summed E-state index contributed by atoms with van der Waals surface area (Å²) in [4.78, 5) is 26.8. The molecule has 19 heavy (non-hydrogen) atoms. The minimum absolute atomic E-state index is 0.0397. The van der Waals surface area contributed by atoms with Gasteiger partial charge in [-0.2, -0.15) is 0 Å². The fourth-order valence-electron chi connectivity index (χ4n) is 2.81. The minimum Gasteiger partial charge on any atom is -0.393 e. The fourth-order valence-corrected chi connectivity index (χ4v) is 2.81. The van der Waals surface area contributed by atoms with E-state index in [1.165, 1.54) is 0 Å². The van der Waals surface area contributed by atoms with E-state index in [1.807, 2.05) is 0 Å². The second-order valence-electron chi connectivity index (χ2n) is 5.57. The average molecular weight is 269 g/mol. The summed E-state index contributed by atoms with van der Waals surface area (Å²) in [5.41, 5.74) is 5.23. The van der Waals surface area contributed by atoms with Gasteiger partial charge in [-0.3, -0.25) is 9.59 Å². The van der Waals surface area contributed by atoms with Crippen molar-refractivity contribution in [1.82, 2.24) is 9.80 Å². The molecule has 1 atom stereocenters. The number of likely N-dealkylation sites (tertiary alicyclic amines) is 2. The zero-order valence-corrected chi connectivity index (χ0v) is 11.3. The van der Waals surface area contributed by atoms with E-state index in [0.29, 0.717) is 13.1 Å². The van der Waals surface area contributed by atoms with Crippen molar-refractivity contribution in [3.05, 3.63) is 0 Å². The van der Waals surface area contributed by atoms with Gasteiger partial charge >= 0.3 is 0 Å². The number of nitrogens with zero attached hydrogens (tertiary/aromatic N) is 2. The second kappa shape index (κ2) is 6.34. The highest BCUT2D eigenvalue weighted by Crippen LogP contribution is 2.17. The van der Waals surface area contributed by atoms with E-state index in [0.717, 1.165) is 38.9 Å². The molecular formula is C13H23N3O3. The number of hydrogen-bond acceptors (Lipinski definition) is 4. The van der Waals surface area contributed by atoms with Crippen LogP contribution in [0.3, 0.4) is 0 Å². The number of aliphatic hydroxyl groups is 1. The quantitative estimate of drug-likeness (QED) is 0.682. The molecule has 6 heteroatoms. The molecule has 3 N–H and O–H groups in total. The lowest BCUT2D eigenvalue weighted by Crippen LogP contribution is -2.38. The molecule has 2 rings (SSSR count). The van der Waals surface area contributed by atoms with Crippen LogP contribution in [0.25, 0.3) is 0 Å². The van der Waals surface area contributed by atoms with Gasteiger partial charge in [-0.05, 0) is 25.8 Å². The van der Waals surface area contributed by atoms with Gasteiger partial charge in [-0.15, -0.1) is 0 Å². The SMILES string of the molecule is NC(=O)C1CC(=O)N(CCCN2CCC(O)CC2)C1. The lowest BCUT2D eigenvalue weighted by atomic mass is 10.1. The van der Waals surface area contributed by atoms with Gasteiger partial charge in [0.2, 0.25) is 11.8 Å². The molecular weight excluding hydrogens is 246 g/mol. The smallest absolute Gasteiger partial charge is 0.223 e. The van der Waals surface area contributed by atoms with Crippen LogP contribution >= 0.6 is 0 Å². The topological polar surface area (TPSA) is 86.9 Å². The third-order valence-corrected chi connectivity index (χ3v) is 4.08. The summed E-state index contributed by atoms with van der Waals surface area (Å²) in [7, 11) is 0. The molecule has 0 spiro atoms. The molecule has 0 aromatic heterocycles. The zero-order valence-electron chi connectivity index (χ0n) is 11.3. The van der Waals surface area contributed by atoms with Gasteiger partial charge in [-0.1, -0.05) is 0 Å². The predicted molar refractivity (Wildman–Crippen MR) is 70.2 cm³/mol. The Bertz CT molecular complexity index is 340. The van der Waals surface area contributed by atoms with E-state index in [-0.39, 0.29) is 30.3 Å². The number of primary amides is 1. The van der Waals surface area contributed by atoms with Crippen LogP contribution in [0.4, 0.5) is 0 Å². The third kappa shape index (κ3) is 3.91. The summed E-state index contributed by atoms with van der Waals surface area (Å²) in [6.45, 7) is 3.98. The Kier molecular flexibility index (Phi) is 4.76. The second-order valence-corrected chi connectivity index (χ2v) is 5.57. The summed E-state index contributed by atoms with van der Waals surface area (Å²) in [6.07, 6.45) is 2.71. The number of hydrogen-bond donors (Lipinski definition) is 2. The van der Waals surface area contributed by atoms with Crippen molar-refractivity contribution in [2.45, 2.75) is 31.8 Å². The van der Waals surface area contributed by atoms with Crippen LogP contribution < -0.4 is 5.73 Å². The van der Waals surface area contributed by atoms with Gasteiger partial charge in [-0.25, -0.2) is 0 Å². The lowest BCUT2D eigenvalue weighted by molar-refractivity contribution is -0.128. The highest BCUT2D eigenvalue weighted by molar-refractivity contribution is 5.88. The summed E-state index contributed by atoms with van der Waals surface area (Å²) in [5.74, 6) is -0.642. The van der Waals surface area contributed by atoms with Crippen LogP contribution in [0.5, 0.6) is 0 Å². The van der Waals surface area contributed by atoms with Crippen LogP contribution in [0.1, 0.15) is 25.7 Å². The maximum absolute atomic E-state index is 11.7. The van der Waals surface area contributed by atoms with E-state index in [9.17, 15) is 14.7 Å². The Morgan fingerprint density at radius 2 is 2.00 bits per heavy atom. The predicted octanol–water partition coefficient (Wildman–Crippen LogP) is -0.833. The van der Waals surface area contributed by atoms with E-state index < -0.39 is 0 Å². The molecule has 0 saturated carbocycles. The fraction of sp³-hybridized carbons (Fsp3) is 0.846. The average Bonchev–Trinajstić information content (AvgIpc) is 2.74. The number of aliphatic hydroxyl groups excluding tert-OH is 1. The Morgan fingerprint density at radius 3 is 2.58 bits per heavy atom. The Morgan fingerprint density at radius 1 is 1.32 bits per heavy atom. The van der Waals surface area contributed by atoms with Crippen molar-refractivity contribution in [1.29, 1.82) is 0 Å². The van der Waals surface area contributed by atoms with Gasteiger partial charge in [0.15, 0.2) is 0 Å². The highest BCUT2D eigenvalue weighted by atomic mass is 16.3. The molecule has 0 aliphatic carbocycles. The number of piperidine rings is 1. The molecule has 2 amide bonds. The molecule has 2 heterocycles. The number of carbonyl (C=O) groups excluding carboxylic acids is 2. The molecule has 6 nitrogen and oxygen atoms in total. The Hall–Kier alpha value is -1.14. The first-order valence-electron chi connectivity index (χ1n) is 7.04. The molecule has 2 aliphatic rings. The standard InChI is InChI=1S/C13H23N3O3/c14-13(19)10-8-12(18)16(9-10)5-1-4-15-6-2-11(17)3-7-15/h10-11,17H,1-9H2,(H2,14,19). The minimum atomic E-state index is -0.374. The summed E-state index contributed by atoms with van der Waals surface area (Å²) in [5, 5.41) is 9.42. The monoisotopic (exact) mass is 269 g/mol. The summed E-state index contributed by atoms with van der Waals surface area (Å²) in [6, 6.07) is 0. The summed E-state index contributed by atoms with van der Waals surface area (Å²) >= 11 is 0. The normalized spacial score (nSPS) is 26.1. The van der Waals surface area contributed by atoms with E-state index in [1.54, 1.807) is 4.90 Å². The number of nitrogens with two attached hydrogens (primary N) is 1. The first-order chi connectivity index (χ1) is 9.06. The van der Waals surface area contributed by atoms with Crippen molar-refractivity contribution in [2.24, 2.45) is 11.7 Å². The Balaban J connectivity index is 1.66. The van der Waals surface area contributed by atoms with Crippen LogP contribution in [-0.4, -0.2) is 65.5 Å². The van der Waals surface area contributed by atoms with Gasteiger partial charge < -0.3 is 20.6 Å². The van der Waals surface area contributed by atoms with Crippen molar-refractivity contribution < 1.29 is 14.7 Å².